The number of hydrogen-bond acceptors (Lipinski definition) is 4. The minimum atomic E-state index is 0.0395. The second-order valence-corrected chi connectivity index (χ2v) is 6.04. The number of hydrogen-bond donors (Lipinski definition) is 3. The van der Waals surface area contributed by atoms with Crippen molar-refractivity contribution >= 4 is 0 Å². The van der Waals surface area contributed by atoms with Crippen molar-refractivity contribution in [3.8, 4) is 11.5 Å². The molecule has 0 radical (unpaired) electrons. The first-order chi connectivity index (χ1) is 9.47. The summed E-state index contributed by atoms with van der Waals surface area (Å²) in [6.45, 7) is 8.74. The Morgan fingerprint density at radius 1 is 1.15 bits per heavy atom. The molecule has 0 amide bonds. The van der Waals surface area contributed by atoms with E-state index in [1.54, 1.807) is 12.1 Å². The van der Waals surface area contributed by atoms with Crippen LogP contribution in [-0.4, -0.2) is 40.3 Å². The van der Waals surface area contributed by atoms with Gasteiger partial charge in [-0.2, -0.15) is 0 Å². The van der Waals surface area contributed by atoms with Crippen LogP contribution in [-0.2, 0) is 0 Å². The molecule has 1 fully saturated rings. The first kappa shape index (κ1) is 15.1. The maximum Gasteiger partial charge on any atom is 0.120 e. The van der Waals surface area contributed by atoms with E-state index in [-0.39, 0.29) is 17.5 Å². The zero-order valence-corrected chi connectivity index (χ0v) is 12.6. The van der Waals surface area contributed by atoms with E-state index in [0.29, 0.717) is 12.1 Å². The monoisotopic (exact) mass is 278 g/mol. The van der Waals surface area contributed by atoms with Crippen LogP contribution >= 0.6 is 0 Å². The van der Waals surface area contributed by atoms with E-state index in [9.17, 15) is 10.2 Å². The van der Waals surface area contributed by atoms with Gasteiger partial charge in [0.2, 0.25) is 0 Å². The molecule has 0 aliphatic carbocycles. The highest BCUT2D eigenvalue weighted by molar-refractivity contribution is 5.40. The molecule has 112 valence electrons. The molecule has 20 heavy (non-hydrogen) atoms. The van der Waals surface area contributed by atoms with Gasteiger partial charge < -0.3 is 20.4 Å². The third-order valence-corrected chi connectivity index (χ3v) is 4.22. The fraction of sp³-hybridized carbons (Fsp3) is 0.625. The van der Waals surface area contributed by atoms with Crippen LogP contribution in [0.25, 0.3) is 0 Å². The SMILES string of the molecule is CC(NC1CCN(C(C)C)CC1)c1cc(O)ccc1O. The Morgan fingerprint density at radius 2 is 1.80 bits per heavy atom. The van der Waals surface area contributed by atoms with Gasteiger partial charge >= 0.3 is 0 Å². The van der Waals surface area contributed by atoms with Crippen LogP contribution in [0.3, 0.4) is 0 Å². The fourth-order valence-corrected chi connectivity index (χ4v) is 2.91. The lowest BCUT2D eigenvalue weighted by Crippen LogP contribution is -2.45. The molecule has 1 aliphatic heterocycles. The first-order valence-corrected chi connectivity index (χ1v) is 7.49. The number of likely N-dealkylation sites (tertiary alicyclic amines) is 1. The maximum absolute atomic E-state index is 9.89. The molecule has 1 aromatic rings. The van der Waals surface area contributed by atoms with Gasteiger partial charge in [-0.1, -0.05) is 0 Å². The first-order valence-electron chi connectivity index (χ1n) is 7.49. The lowest BCUT2D eigenvalue weighted by molar-refractivity contribution is 0.157. The van der Waals surface area contributed by atoms with Crippen molar-refractivity contribution in [2.45, 2.75) is 51.7 Å². The van der Waals surface area contributed by atoms with Crippen molar-refractivity contribution in [3.63, 3.8) is 0 Å². The molecule has 1 saturated heterocycles. The van der Waals surface area contributed by atoms with E-state index in [0.717, 1.165) is 31.5 Å². The Balaban J connectivity index is 1.92. The second kappa shape index (κ2) is 6.46. The number of piperidine rings is 1. The minimum Gasteiger partial charge on any atom is -0.508 e. The van der Waals surface area contributed by atoms with Gasteiger partial charge in [-0.05, 0) is 64.9 Å². The molecule has 1 unspecified atom stereocenters. The molecule has 1 atom stereocenters. The lowest BCUT2D eigenvalue weighted by Gasteiger charge is -2.36. The normalized spacial score (nSPS) is 19.4. The molecule has 4 heteroatoms. The van der Waals surface area contributed by atoms with E-state index < -0.39 is 0 Å². The molecule has 3 N–H and O–H groups in total. The van der Waals surface area contributed by atoms with E-state index in [2.05, 4.69) is 24.1 Å². The van der Waals surface area contributed by atoms with Gasteiger partial charge in [0.05, 0.1) is 0 Å². The molecular weight excluding hydrogens is 252 g/mol. The molecule has 2 rings (SSSR count). The summed E-state index contributed by atoms with van der Waals surface area (Å²) >= 11 is 0. The number of nitrogens with one attached hydrogen (secondary N) is 1. The van der Waals surface area contributed by atoms with Crippen LogP contribution in [0.4, 0.5) is 0 Å². The number of nitrogens with zero attached hydrogens (tertiary/aromatic N) is 1. The Kier molecular flexibility index (Phi) is 4.89. The molecule has 0 bridgehead atoms. The number of benzene rings is 1. The van der Waals surface area contributed by atoms with E-state index in [1.807, 2.05) is 6.92 Å². The van der Waals surface area contributed by atoms with Crippen LogP contribution in [0.1, 0.15) is 45.2 Å². The van der Waals surface area contributed by atoms with Gasteiger partial charge in [0.25, 0.3) is 0 Å². The van der Waals surface area contributed by atoms with Gasteiger partial charge in [-0.25, -0.2) is 0 Å². The summed E-state index contributed by atoms with van der Waals surface area (Å²) in [5.74, 6) is 0.434. The molecule has 0 aromatic heterocycles. The molecule has 1 heterocycles. The average Bonchev–Trinajstić information content (AvgIpc) is 2.42. The number of aromatic hydroxyl groups is 2. The van der Waals surface area contributed by atoms with Crippen molar-refractivity contribution in [2.24, 2.45) is 0 Å². The van der Waals surface area contributed by atoms with Crippen LogP contribution in [0.5, 0.6) is 11.5 Å². The standard InChI is InChI=1S/C16H26N2O2/c1-11(2)18-8-6-13(7-9-18)17-12(3)15-10-14(19)4-5-16(15)20/h4-5,10-13,17,19-20H,6-9H2,1-3H3. The summed E-state index contributed by atoms with van der Waals surface area (Å²) in [6, 6.07) is 5.82. The summed E-state index contributed by atoms with van der Waals surface area (Å²) in [6.07, 6.45) is 2.25. The third kappa shape index (κ3) is 3.64. The Labute approximate surface area is 121 Å². The van der Waals surface area contributed by atoms with Gasteiger partial charge in [0.1, 0.15) is 11.5 Å². The van der Waals surface area contributed by atoms with Crippen LogP contribution in [0, 0.1) is 0 Å². The van der Waals surface area contributed by atoms with E-state index in [4.69, 9.17) is 0 Å². The minimum absolute atomic E-state index is 0.0395. The number of rotatable bonds is 4. The molecule has 0 saturated carbocycles. The Bertz CT molecular complexity index is 440. The predicted molar refractivity (Wildman–Crippen MR) is 81.1 cm³/mol. The van der Waals surface area contributed by atoms with E-state index in [1.165, 1.54) is 6.07 Å². The van der Waals surface area contributed by atoms with Crippen LogP contribution < -0.4 is 5.32 Å². The van der Waals surface area contributed by atoms with Crippen molar-refractivity contribution in [1.29, 1.82) is 0 Å². The molecule has 1 aliphatic rings. The van der Waals surface area contributed by atoms with Gasteiger partial charge in [0.15, 0.2) is 0 Å². The zero-order valence-electron chi connectivity index (χ0n) is 12.6. The summed E-state index contributed by atoms with van der Waals surface area (Å²) < 4.78 is 0. The summed E-state index contributed by atoms with van der Waals surface area (Å²) in [5, 5.41) is 23.0. The average molecular weight is 278 g/mol. The highest BCUT2D eigenvalue weighted by Crippen LogP contribution is 2.28. The largest absolute Gasteiger partial charge is 0.508 e. The fourth-order valence-electron chi connectivity index (χ4n) is 2.91. The summed E-state index contributed by atoms with van der Waals surface area (Å²) in [4.78, 5) is 2.49. The Morgan fingerprint density at radius 3 is 2.40 bits per heavy atom. The molecule has 0 spiro atoms. The Hall–Kier alpha value is -1.26. The quantitative estimate of drug-likeness (QED) is 0.741. The van der Waals surface area contributed by atoms with Crippen molar-refractivity contribution < 1.29 is 10.2 Å². The highest BCUT2D eigenvalue weighted by atomic mass is 16.3. The number of phenolic OH excluding ortho intramolecular Hbond substituents is 2. The topological polar surface area (TPSA) is 55.7 Å². The van der Waals surface area contributed by atoms with Gasteiger partial charge in [0, 0.05) is 23.7 Å². The van der Waals surface area contributed by atoms with Crippen molar-refractivity contribution in [3.05, 3.63) is 23.8 Å². The summed E-state index contributed by atoms with van der Waals surface area (Å²) in [5.41, 5.74) is 0.760. The summed E-state index contributed by atoms with van der Waals surface area (Å²) in [7, 11) is 0. The van der Waals surface area contributed by atoms with Gasteiger partial charge in [-0.15, -0.1) is 0 Å². The third-order valence-electron chi connectivity index (χ3n) is 4.22. The zero-order chi connectivity index (χ0) is 14.7. The predicted octanol–water partition coefficient (Wildman–Crippen LogP) is 2.62. The number of phenols is 2. The molecule has 4 nitrogen and oxygen atoms in total. The van der Waals surface area contributed by atoms with Crippen LogP contribution in [0.15, 0.2) is 18.2 Å². The van der Waals surface area contributed by atoms with E-state index >= 15 is 0 Å². The van der Waals surface area contributed by atoms with Crippen molar-refractivity contribution in [1.82, 2.24) is 10.2 Å². The van der Waals surface area contributed by atoms with Gasteiger partial charge in [-0.3, -0.25) is 0 Å². The molecule has 1 aromatic carbocycles. The smallest absolute Gasteiger partial charge is 0.120 e. The second-order valence-electron chi connectivity index (χ2n) is 6.04. The highest BCUT2D eigenvalue weighted by Gasteiger charge is 2.23. The van der Waals surface area contributed by atoms with Crippen molar-refractivity contribution in [2.75, 3.05) is 13.1 Å². The van der Waals surface area contributed by atoms with Crippen LogP contribution in [0.2, 0.25) is 0 Å². The lowest BCUT2D eigenvalue weighted by atomic mass is 10.00. The maximum atomic E-state index is 9.89. The molecular formula is C16H26N2O2.